The highest BCUT2D eigenvalue weighted by molar-refractivity contribution is 8.14. The molecule has 1 fully saturated rings. The fraction of sp³-hybridized carbons (Fsp3) is 0.909. The van der Waals surface area contributed by atoms with E-state index in [0.717, 1.165) is 30.4 Å². The van der Waals surface area contributed by atoms with Crippen LogP contribution in [0.5, 0.6) is 0 Å². The van der Waals surface area contributed by atoms with Crippen LogP contribution in [0, 0.1) is 5.41 Å². The van der Waals surface area contributed by atoms with Gasteiger partial charge in [0.15, 0.2) is 0 Å². The summed E-state index contributed by atoms with van der Waals surface area (Å²) in [6.07, 6.45) is -2.65. The number of rotatable bonds is 6. The van der Waals surface area contributed by atoms with Crippen molar-refractivity contribution in [1.82, 2.24) is 0 Å². The van der Waals surface area contributed by atoms with Crippen molar-refractivity contribution in [2.24, 2.45) is 0 Å². The first-order valence-electron chi connectivity index (χ1n) is 6.16. The topological polar surface area (TPSA) is 114 Å². The molecule has 0 amide bonds. The summed E-state index contributed by atoms with van der Waals surface area (Å²) in [6.45, 7) is -0.449. The second kappa shape index (κ2) is 8.46. The summed E-state index contributed by atoms with van der Waals surface area (Å²) in [4.78, 5) is 0. The van der Waals surface area contributed by atoms with Crippen LogP contribution in [0.15, 0.2) is 0 Å². The average Bonchev–Trinajstić information content (AvgIpc) is 2.39. The van der Waals surface area contributed by atoms with Gasteiger partial charge in [-0.25, -0.2) is 0 Å². The molecule has 1 aliphatic rings. The van der Waals surface area contributed by atoms with Crippen molar-refractivity contribution in [3.05, 3.63) is 0 Å². The molecule has 5 unspecified atom stereocenters. The zero-order valence-electron chi connectivity index (χ0n) is 10.5. The van der Waals surface area contributed by atoms with Crippen LogP contribution in [-0.2, 0) is 4.74 Å². The molecule has 0 aromatic heterocycles. The Balaban J connectivity index is 2.49. The monoisotopic (exact) mass is 311 g/mol. The quantitative estimate of drug-likeness (QED) is 0.172. The van der Waals surface area contributed by atoms with E-state index in [1.165, 1.54) is 0 Å². The molecule has 19 heavy (non-hydrogen) atoms. The minimum absolute atomic E-state index is 0.339. The average molecular weight is 311 g/mol. The normalized spacial score (nSPS) is 35.3. The van der Waals surface area contributed by atoms with Crippen LogP contribution >= 0.6 is 24.4 Å². The van der Waals surface area contributed by atoms with Crippen LogP contribution < -0.4 is 0 Å². The van der Waals surface area contributed by atoms with E-state index in [9.17, 15) is 15.3 Å². The first kappa shape index (κ1) is 17.2. The SMILES string of the molecule is N=C(CCCCS)SC1OC(CO)C(O)C(O)C1O. The van der Waals surface area contributed by atoms with E-state index >= 15 is 0 Å². The van der Waals surface area contributed by atoms with Crippen LogP contribution in [0.25, 0.3) is 0 Å². The van der Waals surface area contributed by atoms with Crippen molar-refractivity contribution < 1.29 is 25.2 Å². The predicted octanol–water partition coefficient (Wildman–Crippen LogP) is -0.403. The van der Waals surface area contributed by atoms with Gasteiger partial charge in [0.2, 0.25) is 0 Å². The van der Waals surface area contributed by atoms with Gasteiger partial charge in [0, 0.05) is 0 Å². The lowest BCUT2D eigenvalue weighted by Crippen LogP contribution is -2.57. The largest absolute Gasteiger partial charge is 0.394 e. The summed E-state index contributed by atoms with van der Waals surface area (Å²) in [5.74, 6) is 0.762. The highest BCUT2D eigenvalue weighted by Crippen LogP contribution is 2.29. The molecule has 5 atom stereocenters. The van der Waals surface area contributed by atoms with E-state index in [1.807, 2.05) is 0 Å². The van der Waals surface area contributed by atoms with Gasteiger partial charge in [-0.3, -0.25) is 5.41 Å². The Labute approximate surface area is 122 Å². The fourth-order valence-electron chi connectivity index (χ4n) is 1.76. The standard InChI is InChI=1S/C11H21NO5S2/c12-7(3-1-2-4-18)19-11-10(16)9(15)8(14)6(5-13)17-11/h6,8-16,18H,1-5H2. The molecular formula is C11H21NO5S2. The van der Waals surface area contributed by atoms with Crippen molar-refractivity contribution in [1.29, 1.82) is 5.41 Å². The van der Waals surface area contributed by atoms with Crippen LogP contribution in [0.2, 0.25) is 0 Å². The van der Waals surface area contributed by atoms with Gasteiger partial charge in [-0.2, -0.15) is 12.6 Å². The summed E-state index contributed by atoms with van der Waals surface area (Å²) in [7, 11) is 0. The number of ether oxygens (including phenoxy) is 1. The third-order valence-corrected chi connectivity index (χ3v) is 4.35. The smallest absolute Gasteiger partial charge is 0.137 e. The number of aliphatic hydroxyl groups is 4. The van der Waals surface area contributed by atoms with E-state index < -0.39 is 36.5 Å². The number of unbranched alkanes of at least 4 members (excludes halogenated alkanes) is 1. The van der Waals surface area contributed by atoms with Crippen LogP contribution in [0.4, 0.5) is 0 Å². The predicted molar refractivity (Wildman–Crippen MR) is 76.8 cm³/mol. The number of hydrogen-bond donors (Lipinski definition) is 6. The zero-order valence-corrected chi connectivity index (χ0v) is 12.2. The Morgan fingerprint density at radius 3 is 2.42 bits per heavy atom. The molecule has 1 saturated heterocycles. The molecule has 0 saturated carbocycles. The Kier molecular flexibility index (Phi) is 7.66. The van der Waals surface area contributed by atoms with Crippen LogP contribution in [0.3, 0.4) is 0 Å². The molecule has 6 nitrogen and oxygen atoms in total. The van der Waals surface area contributed by atoms with Gasteiger partial charge in [-0.05, 0) is 25.0 Å². The summed E-state index contributed by atoms with van der Waals surface area (Å²) in [5, 5.41) is 46.2. The Morgan fingerprint density at radius 1 is 1.16 bits per heavy atom. The molecule has 1 rings (SSSR count). The van der Waals surface area contributed by atoms with Gasteiger partial charge in [-0.1, -0.05) is 11.8 Å². The molecule has 0 aromatic rings. The lowest BCUT2D eigenvalue weighted by molar-refractivity contribution is -0.205. The first-order chi connectivity index (χ1) is 9.01. The third-order valence-electron chi connectivity index (χ3n) is 2.92. The minimum Gasteiger partial charge on any atom is -0.394 e. The molecule has 1 heterocycles. The molecule has 0 aromatic carbocycles. The molecule has 1 aliphatic heterocycles. The maximum absolute atomic E-state index is 9.80. The molecule has 0 radical (unpaired) electrons. The van der Waals surface area contributed by atoms with Crippen LogP contribution in [0.1, 0.15) is 19.3 Å². The van der Waals surface area contributed by atoms with E-state index in [1.54, 1.807) is 0 Å². The molecule has 5 N–H and O–H groups in total. The van der Waals surface area contributed by atoms with Gasteiger partial charge >= 0.3 is 0 Å². The van der Waals surface area contributed by atoms with E-state index in [2.05, 4.69) is 12.6 Å². The second-order valence-electron chi connectivity index (χ2n) is 4.42. The number of nitrogens with one attached hydrogen (secondary N) is 1. The Bertz CT molecular complexity index is 292. The molecule has 8 heteroatoms. The van der Waals surface area contributed by atoms with E-state index in [4.69, 9.17) is 15.3 Å². The molecule has 0 bridgehead atoms. The fourth-order valence-corrected chi connectivity index (χ4v) is 3.03. The van der Waals surface area contributed by atoms with E-state index in [0.29, 0.717) is 11.5 Å². The maximum Gasteiger partial charge on any atom is 0.137 e. The summed E-state index contributed by atoms with van der Waals surface area (Å²) < 4.78 is 5.30. The van der Waals surface area contributed by atoms with Gasteiger partial charge < -0.3 is 25.2 Å². The van der Waals surface area contributed by atoms with Crippen molar-refractivity contribution in [2.45, 2.75) is 49.1 Å². The number of hydrogen-bond acceptors (Lipinski definition) is 8. The number of thioether (sulfide) groups is 1. The third kappa shape index (κ3) is 4.89. The van der Waals surface area contributed by atoms with Gasteiger partial charge in [0.25, 0.3) is 0 Å². The number of aliphatic hydroxyl groups excluding tert-OH is 4. The molecule has 0 spiro atoms. The zero-order chi connectivity index (χ0) is 14.4. The highest BCUT2D eigenvalue weighted by atomic mass is 32.2. The first-order valence-corrected chi connectivity index (χ1v) is 7.68. The highest BCUT2D eigenvalue weighted by Gasteiger charge is 2.43. The lowest BCUT2D eigenvalue weighted by Gasteiger charge is -2.39. The molecular weight excluding hydrogens is 290 g/mol. The maximum atomic E-state index is 9.80. The summed E-state index contributed by atoms with van der Waals surface area (Å²) in [5.41, 5.74) is -0.848. The molecule has 0 aliphatic carbocycles. The Morgan fingerprint density at radius 2 is 1.84 bits per heavy atom. The van der Waals surface area contributed by atoms with Crippen LogP contribution in [-0.4, -0.2) is 67.7 Å². The lowest BCUT2D eigenvalue weighted by atomic mass is 10.0. The van der Waals surface area contributed by atoms with Gasteiger partial charge in [0.05, 0.1) is 11.7 Å². The summed E-state index contributed by atoms with van der Waals surface area (Å²) in [6, 6.07) is 0. The van der Waals surface area contributed by atoms with E-state index in [-0.39, 0.29) is 0 Å². The Hall–Kier alpha value is 0.170. The summed E-state index contributed by atoms with van der Waals surface area (Å²) >= 11 is 5.09. The van der Waals surface area contributed by atoms with Crippen molar-refractivity contribution >= 4 is 29.4 Å². The van der Waals surface area contributed by atoms with Gasteiger partial charge in [0.1, 0.15) is 29.9 Å². The second-order valence-corrected chi connectivity index (χ2v) is 6.06. The number of thiol groups is 1. The molecule has 112 valence electrons. The van der Waals surface area contributed by atoms with Crippen molar-refractivity contribution in [2.75, 3.05) is 12.4 Å². The minimum atomic E-state index is -1.38. The van der Waals surface area contributed by atoms with Crippen molar-refractivity contribution in [3.63, 3.8) is 0 Å². The van der Waals surface area contributed by atoms with Gasteiger partial charge in [-0.15, -0.1) is 0 Å². The van der Waals surface area contributed by atoms with Crippen molar-refractivity contribution in [3.8, 4) is 0 Å².